The Labute approximate surface area is 202 Å². The molecule has 1 heterocycles. The summed E-state index contributed by atoms with van der Waals surface area (Å²) in [7, 11) is 3.15. The Hall–Kier alpha value is -3.77. The van der Waals surface area contributed by atoms with Gasteiger partial charge in [0.2, 0.25) is 0 Å². The maximum Gasteiger partial charge on any atom is 0.343 e. The summed E-state index contributed by atoms with van der Waals surface area (Å²) in [6, 6.07) is 17.1. The van der Waals surface area contributed by atoms with Gasteiger partial charge < -0.3 is 14.2 Å². The number of nitrogens with zero attached hydrogens (tertiary/aromatic N) is 1. The summed E-state index contributed by atoms with van der Waals surface area (Å²) in [6.07, 6.45) is 0.704. The smallest absolute Gasteiger partial charge is 0.343 e. The number of rotatable bonds is 6. The number of hydrogen-bond acceptors (Lipinski definition) is 5. The van der Waals surface area contributed by atoms with E-state index >= 15 is 0 Å². The Morgan fingerprint density at radius 3 is 2.26 bits per heavy atom. The Morgan fingerprint density at radius 2 is 1.62 bits per heavy atom. The van der Waals surface area contributed by atoms with Crippen LogP contribution >= 0.6 is 11.6 Å². The molecule has 3 aromatic carbocycles. The van der Waals surface area contributed by atoms with E-state index in [2.05, 4.69) is 0 Å². The quantitative estimate of drug-likeness (QED) is 0.314. The minimum atomic E-state index is -0.527. The highest BCUT2D eigenvalue weighted by atomic mass is 35.5. The van der Waals surface area contributed by atoms with Gasteiger partial charge in [-0.05, 0) is 79.6 Å². The molecule has 0 saturated heterocycles. The van der Waals surface area contributed by atoms with Gasteiger partial charge in [0.1, 0.15) is 11.5 Å². The summed E-state index contributed by atoms with van der Waals surface area (Å²) < 4.78 is 18.1. The fraction of sp³-hybridized carbons (Fsp3) is 0.185. The van der Waals surface area contributed by atoms with Crippen LogP contribution in [-0.4, -0.2) is 30.7 Å². The third-order valence-corrected chi connectivity index (χ3v) is 5.99. The van der Waals surface area contributed by atoms with Crippen molar-refractivity contribution in [1.29, 1.82) is 0 Å². The first kappa shape index (κ1) is 23.4. The van der Waals surface area contributed by atoms with Crippen LogP contribution in [0.2, 0.25) is 5.02 Å². The minimum Gasteiger partial charge on any atom is -0.497 e. The average Bonchev–Trinajstić information content (AvgIpc) is 3.13. The predicted molar refractivity (Wildman–Crippen MR) is 132 cm³/mol. The second kappa shape index (κ2) is 9.61. The lowest BCUT2D eigenvalue weighted by molar-refractivity contribution is 0.0733. The summed E-state index contributed by atoms with van der Waals surface area (Å²) in [5.74, 6) is 0.810. The van der Waals surface area contributed by atoms with Crippen molar-refractivity contribution in [2.24, 2.45) is 0 Å². The Kier molecular flexibility index (Phi) is 6.61. The largest absolute Gasteiger partial charge is 0.497 e. The zero-order valence-electron chi connectivity index (χ0n) is 19.3. The third-order valence-electron chi connectivity index (χ3n) is 5.74. The monoisotopic (exact) mass is 477 g/mol. The molecule has 0 saturated carbocycles. The zero-order valence-corrected chi connectivity index (χ0v) is 20.1. The van der Waals surface area contributed by atoms with Crippen LogP contribution in [0.1, 0.15) is 38.9 Å². The maximum absolute atomic E-state index is 13.4. The number of benzene rings is 3. The number of aromatic nitrogens is 1. The van der Waals surface area contributed by atoms with Crippen molar-refractivity contribution in [3.8, 4) is 17.2 Å². The van der Waals surface area contributed by atoms with Crippen molar-refractivity contribution in [2.75, 3.05) is 14.2 Å². The predicted octanol–water partition coefficient (Wildman–Crippen LogP) is 6.09. The van der Waals surface area contributed by atoms with Gasteiger partial charge in [-0.25, -0.2) is 4.79 Å². The van der Waals surface area contributed by atoms with Crippen molar-refractivity contribution in [2.45, 2.75) is 20.3 Å². The summed E-state index contributed by atoms with van der Waals surface area (Å²) in [6.45, 7) is 3.73. The second-order valence-electron chi connectivity index (χ2n) is 7.71. The first-order valence-electron chi connectivity index (χ1n) is 10.8. The van der Waals surface area contributed by atoms with Crippen LogP contribution in [0.15, 0.2) is 60.7 Å². The number of hydrogen-bond donors (Lipinski definition) is 0. The lowest BCUT2D eigenvalue weighted by Gasteiger charge is -2.10. The molecule has 6 nitrogen and oxygen atoms in total. The highest BCUT2D eigenvalue weighted by Gasteiger charge is 2.24. The first-order chi connectivity index (χ1) is 16.4. The standard InChI is InChI=1S/C27H24ClNO5/c1-5-17-14-19(8-13-24(17)33-4)27(31)34-25-16(2)29(23-12-11-21(32-3)15-22(23)25)26(30)18-6-9-20(28)10-7-18/h6-15H,5H2,1-4H3. The molecule has 0 aliphatic heterocycles. The van der Waals surface area contributed by atoms with Crippen LogP contribution < -0.4 is 14.2 Å². The van der Waals surface area contributed by atoms with Crippen LogP contribution in [0.3, 0.4) is 0 Å². The van der Waals surface area contributed by atoms with Gasteiger partial charge in [-0.3, -0.25) is 9.36 Å². The van der Waals surface area contributed by atoms with Gasteiger partial charge in [-0.15, -0.1) is 0 Å². The molecule has 0 unspecified atom stereocenters. The number of esters is 1. The molecular formula is C27H24ClNO5. The van der Waals surface area contributed by atoms with E-state index in [4.69, 9.17) is 25.8 Å². The molecule has 0 aliphatic carbocycles. The van der Waals surface area contributed by atoms with Gasteiger partial charge in [0, 0.05) is 16.0 Å². The van der Waals surface area contributed by atoms with Crippen LogP contribution in [-0.2, 0) is 6.42 Å². The number of methoxy groups -OCH3 is 2. The molecule has 34 heavy (non-hydrogen) atoms. The molecule has 4 aromatic rings. The average molecular weight is 478 g/mol. The highest BCUT2D eigenvalue weighted by Crippen LogP contribution is 2.36. The number of aryl methyl sites for hydroxylation is 1. The van der Waals surface area contributed by atoms with Gasteiger partial charge in [-0.2, -0.15) is 0 Å². The van der Waals surface area contributed by atoms with Gasteiger partial charge in [0.05, 0.1) is 31.0 Å². The number of carbonyl (C=O) groups excluding carboxylic acids is 2. The second-order valence-corrected chi connectivity index (χ2v) is 8.15. The molecule has 0 fully saturated rings. The van der Waals surface area contributed by atoms with Crippen molar-refractivity contribution in [3.63, 3.8) is 0 Å². The molecule has 0 radical (unpaired) electrons. The van der Waals surface area contributed by atoms with E-state index in [0.29, 0.717) is 56.4 Å². The normalized spacial score (nSPS) is 10.9. The fourth-order valence-electron chi connectivity index (χ4n) is 3.94. The van der Waals surface area contributed by atoms with Gasteiger partial charge in [0.15, 0.2) is 5.75 Å². The molecule has 1 aromatic heterocycles. The maximum atomic E-state index is 13.4. The van der Waals surface area contributed by atoms with Crippen LogP contribution in [0, 0.1) is 6.92 Å². The summed E-state index contributed by atoms with van der Waals surface area (Å²) in [4.78, 5) is 26.5. The number of carbonyl (C=O) groups is 2. The van der Waals surface area contributed by atoms with Crippen molar-refractivity contribution in [1.82, 2.24) is 4.57 Å². The molecule has 0 N–H and O–H groups in total. The van der Waals surface area contributed by atoms with E-state index in [1.807, 2.05) is 6.92 Å². The van der Waals surface area contributed by atoms with Gasteiger partial charge >= 0.3 is 5.97 Å². The topological polar surface area (TPSA) is 66.8 Å². The molecule has 0 amide bonds. The summed E-state index contributed by atoms with van der Waals surface area (Å²) in [5.41, 5.74) is 2.85. The lowest BCUT2D eigenvalue weighted by Crippen LogP contribution is -2.14. The molecule has 174 valence electrons. The Balaban J connectivity index is 1.81. The zero-order chi connectivity index (χ0) is 24.4. The molecule has 0 aliphatic rings. The fourth-order valence-corrected chi connectivity index (χ4v) is 4.07. The van der Waals surface area contributed by atoms with Crippen molar-refractivity contribution < 1.29 is 23.8 Å². The molecule has 0 spiro atoms. The number of halogens is 1. The van der Waals surface area contributed by atoms with E-state index in [-0.39, 0.29) is 5.91 Å². The first-order valence-corrected chi connectivity index (χ1v) is 11.1. The van der Waals surface area contributed by atoms with E-state index in [9.17, 15) is 9.59 Å². The van der Waals surface area contributed by atoms with Crippen LogP contribution in [0.5, 0.6) is 17.2 Å². The SMILES string of the molecule is CCc1cc(C(=O)Oc2c(C)n(C(=O)c3ccc(Cl)cc3)c3ccc(OC)cc23)ccc1OC. The van der Waals surface area contributed by atoms with E-state index in [0.717, 1.165) is 5.56 Å². The minimum absolute atomic E-state index is 0.260. The van der Waals surface area contributed by atoms with E-state index in [1.54, 1.807) is 81.8 Å². The molecule has 0 atom stereocenters. The van der Waals surface area contributed by atoms with E-state index < -0.39 is 5.97 Å². The third kappa shape index (κ3) is 4.24. The van der Waals surface area contributed by atoms with Crippen LogP contribution in [0.25, 0.3) is 10.9 Å². The van der Waals surface area contributed by atoms with Gasteiger partial charge in [-0.1, -0.05) is 18.5 Å². The van der Waals surface area contributed by atoms with E-state index in [1.165, 1.54) is 4.57 Å². The number of fused-ring (bicyclic) bond motifs is 1. The Bertz CT molecular complexity index is 1390. The number of ether oxygens (including phenoxy) is 3. The molecule has 7 heteroatoms. The Morgan fingerprint density at radius 1 is 0.912 bits per heavy atom. The van der Waals surface area contributed by atoms with Crippen LogP contribution in [0.4, 0.5) is 0 Å². The summed E-state index contributed by atoms with van der Waals surface area (Å²) >= 11 is 5.98. The highest BCUT2D eigenvalue weighted by molar-refractivity contribution is 6.30. The molecule has 0 bridgehead atoms. The lowest BCUT2D eigenvalue weighted by atomic mass is 10.1. The summed E-state index contributed by atoms with van der Waals surface area (Å²) in [5, 5.41) is 1.13. The van der Waals surface area contributed by atoms with Gasteiger partial charge in [0.25, 0.3) is 5.91 Å². The molecular weight excluding hydrogens is 454 g/mol. The molecule has 4 rings (SSSR count). The van der Waals surface area contributed by atoms with Crippen molar-refractivity contribution >= 4 is 34.4 Å². The van der Waals surface area contributed by atoms with Crippen molar-refractivity contribution in [3.05, 3.63) is 88.1 Å².